The summed E-state index contributed by atoms with van der Waals surface area (Å²) in [5.41, 5.74) is 0.781. The van der Waals surface area contributed by atoms with E-state index in [1.165, 1.54) is 0 Å². The summed E-state index contributed by atoms with van der Waals surface area (Å²) in [6.07, 6.45) is 1.01. The number of nitriles is 1. The molecule has 0 spiro atoms. The van der Waals surface area contributed by atoms with Crippen molar-refractivity contribution in [2.24, 2.45) is 0 Å². The Kier molecular flexibility index (Phi) is 4.59. The standard InChI is InChI=1S/C15H18N2O3/c1-19-14-5-3-4-12(15(14)20-2)13(10-16)17-8-6-11(18)7-9-17/h3-5,13H,6-9H2,1-2H3. The van der Waals surface area contributed by atoms with E-state index in [-0.39, 0.29) is 5.78 Å². The number of rotatable bonds is 4. The van der Waals surface area contributed by atoms with Gasteiger partial charge >= 0.3 is 0 Å². The number of likely N-dealkylation sites (tertiary alicyclic amines) is 1. The first kappa shape index (κ1) is 14.4. The summed E-state index contributed by atoms with van der Waals surface area (Å²) in [6.45, 7) is 1.22. The zero-order chi connectivity index (χ0) is 14.5. The normalized spacial score (nSPS) is 17.4. The number of Topliss-reactive ketones (excluding diaryl/α,β-unsaturated/α-hetero) is 1. The van der Waals surface area contributed by atoms with Gasteiger partial charge in [0.15, 0.2) is 11.5 Å². The van der Waals surface area contributed by atoms with Gasteiger partial charge in [-0.15, -0.1) is 0 Å². The molecule has 20 heavy (non-hydrogen) atoms. The Morgan fingerprint density at radius 3 is 2.50 bits per heavy atom. The summed E-state index contributed by atoms with van der Waals surface area (Å²) in [5.74, 6) is 1.45. The fraction of sp³-hybridized carbons (Fsp3) is 0.467. The maximum absolute atomic E-state index is 11.3. The van der Waals surface area contributed by atoms with E-state index in [4.69, 9.17) is 9.47 Å². The van der Waals surface area contributed by atoms with Crippen molar-refractivity contribution in [3.8, 4) is 17.6 Å². The molecule has 1 saturated heterocycles. The lowest BCUT2D eigenvalue weighted by atomic mass is 10.0. The second-order valence-electron chi connectivity index (χ2n) is 4.69. The van der Waals surface area contributed by atoms with Gasteiger partial charge in [-0.25, -0.2) is 0 Å². The zero-order valence-electron chi connectivity index (χ0n) is 11.8. The molecule has 1 aromatic carbocycles. The molecule has 1 heterocycles. The molecular formula is C15H18N2O3. The molecule has 0 aromatic heterocycles. The van der Waals surface area contributed by atoms with Crippen LogP contribution in [-0.2, 0) is 4.79 Å². The predicted octanol–water partition coefficient (Wildman–Crippen LogP) is 1.93. The second kappa shape index (κ2) is 6.40. The third kappa shape index (κ3) is 2.75. The number of ether oxygens (including phenoxy) is 2. The third-order valence-electron chi connectivity index (χ3n) is 3.57. The molecule has 1 fully saturated rings. The van der Waals surface area contributed by atoms with Gasteiger partial charge in [0, 0.05) is 31.5 Å². The number of carbonyl (C=O) groups is 1. The number of ketones is 1. The molecule has 0 bridgehead atoms. The van der Waals surface area contributed by atoms with E-state index in [9.17, 15) is 10.1 Å². The van der Waals surface area contributed by atoms with Crippen LogP contribution in [0.4, 0.5) is 0 Å². The van der Waals surface area contributed by atoms with Crippen LogP contribution < -0.4 is 9.47 Å². The van der Waals surface area contributed by atoms with Gasteiger partial charge in [0.1, 0.15) is 11.8 Å². The molecule has 0 aliphatic carbocycles. The van der Waals surface area contributed by atoms with Gasteiger partial charge in [0.05, 0.1) is 20.3 Å². The Morgan fingerprint density at radius 1 is 1.25 bits per heavy atom. The number of hydrogen-bond acceptors (Lipinski definition) is 5. The van der Waals surface area contributed by atoms with Crippen LogP contribution in [0.3, 0.4) is 0 Å². The summed E-state index contributed by atoms with van der Waals surface area (Å²) in [5, 5.41) is 9.51. The van der Waals surface area contributed by atoms with Crippen molar-refractivity contribution in [2.45, 2.75) is 18.9 Å². The molecule has 0 saturated carbocycles. The van der Waals surface area contributed by atoms with Gasteiger partial charge in [-0.1, -0.05) is 12.1 Å². The second-order valence-corrected chi connectivity index (χ2v) is 4.69. The van der Waals surface area contributed by atoms with E-state index in [1.807, 2.05) is 17.0 Å². The lowest BCUT2D eigenvalue weighted by Crippen LogP contribution is -2.36. The van der Waals surface area contributed by atoms with Gasteiger partial charge in [0.2, 0.25) is 0 Å². The fourth-order valence-electron chi connectivity index (χ4n) is 2.51. The molecule has 0 N–H and O–H groups in total. The number of nitrogens with zero attached hydrogens (tertiary/aromatic N) is 2. The van der Waals surface area contributed by atoms with Gasteiger partial charge < -0.3 is 9.47 Å². The number of hydrogen-bond donors (Lipinski definition) is 0. The van der Waals surface area contributed by atoms with Crippen LogP contribution in [0.25, 0.3) is 0 Å². The van der Waals surface area contributed by atoms with Crippen LogP contribution in [0.2, 0.25) is 0 Å². The first-order valence-electron chi connectivity index (χ1n) is 6.57. The van der Waals surface area contributed by atoms with Crippen molar-refractivity contribution in [2.75, 3.05) is 27.3 Å². The van der Waals surface area contributed by atoms with Crippen molar-refractivity contribution < 1.29 is 14.3 Å². The number of piperidine rings is 1. The van der Waals surface area contributed by atoms with Crippen molar-refractivity contribution in [3.63, 3.8) is 0 Å². The highest BCUT2D eigenvalue weighted by Crippen LogP contribution is 2.37. The predicted molar refractivity (Wildman–Crippen MR) is 73.7 cm³/mol. The minimum absolute atomic E-state index is 0.260. The van der Waals surface area contributed by atoms with Crippen LogP contribution in [-0.4, -0.2) is 38.0 Å². The van der Waals surface area contributed by atoms with E-state index >= 15 is 0 Å². The number of benzene rings is 1. The van der Waals surface area contributed by atoms with E-state index in [0.29, 0.717) is 37.4 Å². The van der Waals surface area contributed by atoms with Gasteiger partial charge in [0.25, 0.3) is 0 Å². The van der Waals surface area contributed by atoms with E-state index in [2.05, 4.69) is 6.07 Å². The SMILES string of the molecule is COc1cccc(C(C#N)N2CCC(=O)CC2)c1OC. The monoisotopic (exact) mass is 274 g/mol. The number of methoxy groups -OCH3 is 2. The molecule has 5 nitrogen and oxygen atoms in total. The largest absolute Gasteiger partial charge is 0.493 e. The first-order valence-corrected chi connectivity index (χ1v) is 6.57. The van der Waals surface area contributed by atoms with Crippen LogP contribution in [0.15, 0.2) is 18.2 Å². The van der Waals surface area contributed by atoms with Gasteiger partial charge in [-0.3, -0.25) is 9.69 Å². The smallest absolute Gasteiger partial charge is 0.166 e. The lowest BCUT2D eigenvalue weighted by molar-refractivity contribution is -0.121. The third-order valence-corrected chi connectivity index (χ3v) is 3.57. The van der Waals surface area contributed by atoms with Gasteiger partial charge in [-0.2, -0.15) is 5.26 Å². The molecule has 1 aromatic rings. The highest BCUT2D eigenvalue weighted by Gasteiger charge is 2.28. The van der Waals surface area contributed by atoms with Crippen LogP contribution >= 0.6 is 0 Å². The van der Waals surface area contributed by atoms with Crippen molar-refractivity contribution in [3.05, 3.63) is 23.8 Å². The molecular weight excluding hydrogens is 256 g/mol. The topological polar surface area (TPSA) is 62.6 Å². The highest BCUT2D eigenvalue weighted by atomic mass is 16.5. The van der Waals surface area contributed by atoms with Crippen molar-refractivity contribution >= 4 is 5.78 Å². The van der Waals surface area contributed by atoms with E-state index in [1.54, 1.807) is 20.3 Å². The minimum atomic E-state index is -0.423. The summed E-state index contributed by atoms with van der Waals surface area (Å²) < 4.78 is 10.7. The molecule has 0 radical (unpaired) electrons. The number of carbonyl (C=O) groups excluding carboxylic acids is 1. The molecule has 106 valence electrons. The molecule has 5 heteroatoms. The summed E-state index contributed by atoms with van der Waals surface area (Å²) in [7, 11) is 3.14. The average molecular weight is 274 g/mol. The average Bonchev–Trinajstić information content (AvgIpc) is 2.49. The van der Waals surface area contributed by atoms with Crippen LogP contribution in [0, 0.1) is 11.3 Å². The maximum Gasteiger partial charge on any atom is 0.166 e. The summed E-state index contributed by atoms with van der Waals surface area (Å²) in [4.78, 5) is 13.3. The molecule has 2 rings (SSSR count). The zero-order valence-corrected chi connectivity index (χ0v) is 11.8. The fourth-order valence-corrected chi connectivity index (χ4v) is 2.51. The van der Waals surface area contributed by atoms with Crippen LogP contribution in [0.5, 0.6) is 11.5 Å². The highest BCUT2D eigenvalue weighted by molar-refractivity contribution is 5.79. The summed E-state index contributed by atoms with van der Waals surface area (Å²) >= 11 is 0. The maximum atomic E-state index is 11.3. The van der Waals surface area contributed by atoms with Crippen molar-refractivity contribution in [1.82, 2.24) is 4.90 Å². The van der Waals surface area contributed by atoms with Crippen LogP contribution in [0.1, 0.15) is 24.4 Å². The Hall–Kier alpha value is -2.06. The molecule has 1 aliphatic rings. The van der Waals surface area contributed by atoms with Crippen molar-refractivity contribution in [1.29, 1.82) is 5.26 Å². The number of para-hydroxylation sites is 1. The lowest BCUT2D eigenvalue weighted by Gasteiger charge is -2.31. The quantitative estimate of drug-likeness (QED) is 0.839. The van der Waals surface area contributed by atoms with Gasteiger partial charge in [-0.05, 0) is 6.07 Å². The Bertz CT molecular complexity index is 526. The Balaban J connectivity index is 2.32. The minimum Gasteiger partial charge on any atom is -0.493 e. The molecule has 0 amide bonds. The van der Waals surface area contributed by atoms with E-state index in [0.717, 1.165) is 5.56 Å². The summed E-state index contributed by atoms with van der Waals surface area (Å²) in [6, 6.07) is 7.40. The molecule has 1 unspecified atom stereocenters. The molecule has 1 atom stereocenters. The Morgan fingerprint density at radius 2 is 1.95 bits per heavy atom. The Labute approximate surface area is 118 Å². The first-order chi connectivity index (χ1) is 9.71. The molecule has 1 aliphatic heterocycles. The van der Waals surface area contributed by atoms with E-state index < -0.39 is 6.04 Å².